The summed E-state index contributed by atoms with van der Waals surface area (Å²) in [6.07, 6.45) is 13.6. The van der Waals surface area contributed by atoms with Gasteiger partial charge in [-0.1, -0.05) is 18.2 Å². The number of nitrogens with one attached hydrogen (secondary N) is 2. The first-order chi connectivity index (χ1) is 11.8. The van der Waals surface area contributed by atoms with Crippen LogP contribution in [0, 0.1) is 0 Å². The van der Waals surface area contributed by atoms with E-state index in [2.05, 4.69) is 45.8 Å². The lowest BCUT2D eigenvalue weighted by atomic mass is 10.2. The van der Waals surface area contributed by atoms with Gasteiger partial charge in [-0.05, 0) is 51.0 Å². The van der Waals surface area contributed by atoms with Gasteiger partial charge in [-0.15, -0.1) is 24.0 Å². The van der Waals surface area contributed by atoms with Gasteiger partial charge in [0.1, 0.15) is 6.10 Å². The number of guanidine groups is 1. The summed E-state index contributed by atoms with van der Waals surface area (Å²) in [7, 11) is 0. The van der Waals surface area contributed by atoms with E-state index in [1.807, 2.05) is 12.3 Å². The molecule has 0 saturated heterocycles. The Labute approximate surface area is 167 Å². The molecule has 1 aromatic rings. The van der Waals surface area contributed by atoms with E-state index in [9.17, 15) is 0 Å². The largest absolute Gasteiger partial charge is 0.474 e. The lowest BCUT2D eigenvalue weighted by Gasteiger charge is -2.16. The Kier molecular flexibility index (Phi) is 8.51. The maximum Gasteiger partial charge on any atom is 0.213 e. The van der Waals surface area contributed by atoms with Crippen molar-refractivity contribution in [3.63, 3.8) is 0 Å². The Morgan fingerprint density at radius 2 is 2.00 bits per heavy atom. The first kappa shape index (κ1) is 20.0. The number of hydrogen-bond acceptors (Lipinski definition) is 3. The van der Waals surface area contributed by atoms with Crippen LogP contribution >= 0.6 is 24.0 Å². The number of aromatic nitrogens is 1. The molecular weight excluding hydrogens is 427 g/mol. The summed E-state index contributed by atoms with van der Waals surface area (Å²) < 4.78 is 5.90. The molecule has 138 valence electrons. The van der Waals surface area contributed by atoms with Gasteiger partial charge in [-0.2, -0.15) is 0 Å². The molecule has 5 nitrogen and oxygen atoms in total. The number of hydrogen-bond donors (Lipinski definition) is 2. The van der Waals surface area contributed by atoms with E-state index in [1.165, 1.54) is 12.8 Å². The quantitative estimate of drug-likeness (QED) is 0.296. The Morgan fingerprint density at radius 1 is 1.24 bits per heavy atom. The van der Waals surface area contributed by atoms with Crippen molar-refractivity contribution in [2.75, 3.05) is 6.54 Å². The van der Waals surface area contributed by atoms with Gasteiger partial charge < -0.3 is 15.4 Å². The van der Waals surface area contributed by atoms with Crippen molar-refractivity contribution >= 4 is 29.9 Å². The summed E-state index contributed by atoms with van der Waals surface area (Å²) in [5.41, 5.74) is 1.09. The van der Waals surface area contributed by atoms with E-state index >= 15 is 0 Å². The van der Waals surface area contributed by atoms with Gasteiger partial charge in [0.15, 0.2) is 5.96 Å². The Bertz CT molecular complexity index is 559. The topological polar surface area (TPSA) is 58.5 Å². The number of nitrogens with zero attached hydrogens (tertiary/aromatic N) is 2. The van der Waals surface area contributed by atoms with Crippen LogP contribution in [0.1, 0.15) is 51.0 Å². The van der Waals surface area contributed by atoms with Crippen molar-refractivity contribution in [3.8, 4) is 5.88 Å². The maximum absolute atomic E-state index is 5.90. The molecule has 0 radical (unpaired) electrons. The third-order valence-corrected chi connectivity index (χ3v) is 4.50. The standard InChI is InChI=1S/C19H28N4O.HI/c1-2-20-19(23-16-7-3-4-8-16)22-14-15-11-12-18(21-13-15)24-17-9-5-6-10-17;/h3-4,11-13,16-17H,2,5-10,14H2,1H3,(H2,20,22,23);1H. The summed E-state index contributed by atoms with van der Waals surface area (Å²) in [5, 5.41) is 6.78. The molecule has 1 heterocycles. The van der Waals surface area contributed by atoms with Gasteiger partial charge in [0.25, 0.3) is 0 Å². The first-order valence-corrected chi connectivity index (χ1v) is 9.15. The molecule has 25 heavy (non-hydrogen) atoms. The van der Waals surface area contributed by atoms with Crippen LogP contribution in [0.4, 0.5) is 0 Å². The summed E-state index contributed by atoms with van der Waals surface area (Å²) in [5.74, 6) is 1.61. The molecule has 0 atom stereocenters. The molecular formula is C19H29IN4O. The molecule has 0 unspecified atom stereocenters. The molecule has 1 fully saturated rings. The highest BCUT2D eigenvalue weighted by atomic mass is 127. The molecule has 0 aliphatic heterocycles. The molecule has 6 heteroatoms. The molecule has 2 aliphatic rings. The highest BCUT2D eigenvalue weighted by Crippen LogP contribution is 2.22. The molecule has 0 bridgehead atoms. The lowest BCUT2D eigenvalue weighted by molar-refractivity contribution is 0.201. The zero-order valence-corrected chi connectivity index (χ0v) is 17.2. The SMILES string of the molecule is CCNC(=NCc1ccc(OC2CCCC2)nc1)NC1CC=CC1.I. The van der Waals surface area contributed by atoms with E-state index in [-0.39, 0.29) is 24.0 Å². The van der Waals surface area contributed by atoms with Gasteiger partial charge in [-0.25, -0.2) is 9.98 Å². The molecule has 0 amide bonds. The highest BCUT2D eigenvalue weighted by molar-refractivity contribution is 14.0. The molecule has 1 saturated carbocycles. The average molecular weight is 456 g/mol. The summed E-state index contributed by atoms with van der Waals surface area (Å²) in [6, 6.07) is 4.48. The zero-order chi connectivity index (χ0) is 16.6. The summed E-state index contributed by atoms with van der Waals surface area (Å²) in [6.45, 7) is 3.56. The van der Waals surface area contributed by atoms with Crippen LogP contribution in [0.2, 0.25) is 0 Å². The molecule has 1 aromatic heterocycles. The van der Waals surface area contributed by atoms with Crippen LogP contribution in [-0.4, -0.2) is 29.6 Å². The van der Waals surface area contributed by atoms with Crippen LogP contribution in [0.5, 0.6) is 5.88 Å². The second kappa shape index (κ2) is 10.6. The molecule has 2 aliphatic carbocycles. The van der Waals surface area contributed by atoms with E-state index in [1.54, 1.807) is 0 Å². The van der Waals surface area contributed by atoms with Gasteiger partial charge in [0, 0.05) is 24.8 Å². The van der Waals surface area contributed by atoms with Crippen molar-refractivity contribution in [1.29, 1.82) is 0 Å². The minimum atomic E-state index is 0. The smallest absolute Gasteiger partial charge is 0.213 e. The van der Waals surface area contributed by atoms with E-state index in [0.717, 1.165) is 49.6 Å². The van der Waals surface area contributed by atoms with E-state index < -0.39 is 0 Å². The summed E-state index contributed by atoms with van der Waals surface area (Å²) >= 11 is 0. The number of pyridine rings is 1. The van der Waals surface area contributed by atoms with Crippen molar-refractivity contribution in [1.82, 2.24) is 15.6 Å². The second-order valence-electron chi connectivity index (χ2n) is 6.51. The predicted molar refractivity (Wildman–Crippen MR) is 113 cm³/mol. The zero-order valence-electron chi connectivity index (χ0n) is 14.9. The normalized spacial score (nSPS) is 18.2. The second-order valence-corrected chi connectivity index (χ2v) is 6.51. The van der Waals surface area contributed by atoms with Crippen LogP contribution < -0.4 is 15.4 Å². The molecule has 0 spiro atoms. The third-order valence-electron chi connectivity index (χ3n) is 4.50. The fraction of sp³-hybridized carbons (Fsp3) is 0.579. The number of halogens is 1. The highest BCUT2D eigenvalue weighted by Gasteiger charge is 2.16. The fourth-order valence-corrected chi connectivity index (χ4v) is 3.17. The number of ether oxygens (including phenoxy) is 1. The number of aliphatic imine (C=N–C) groups is 1. The Balaban J connectivity index is 0.00000225. The minimum absolute atomic E-state index is 0. The van der Waals surface area contributed by atoms with Crippen molar-refractivity contribution in [2.45, 2.75) is 64.1 Å². The van der Waals surface area contributed by atoms with Crippen LogP contribution in [0.3, 0.4) is 0 Å². The molecule has 0 aromatic carbocycles. The van der Waals surface area contributed by atoms with Gasteiger partial charge in [0.2, 0.25) is 5.88 Å². The monoisotopic (exact) mass is 456 g/mol. The Hall–Kier alpha value is -1.31. The maximum atomic E-state index is 5.90. The van der Waals surface area contributed by atoms with Gasteiger partial charge >= 0.3 is 0 Å². The fourth-order valence-electron chi connectivity index (χ4n) is 3.17. The van der Waals surface area contributed by atoms with Gasteiger partial charge in [-0.3, -0.25) is 0 Å². The van der Waals surface area contributed by atoms with E-state index in [0.29, 0.717) is 18.7 Å². The van der Waals surface area contributed by atoms with Crippen molar-refractivity contribution < 1.29 is 4.74 Å². The van der Waals surface area contributed by atoms with Crippen molar-refractivity contribution in [3.05, 3.63) is 36.0 Å². The van der Waals surface area contributed by atoms with Crippen LogP contribution in [-0.2, 0) is 6.54 Å². The lowest BCUT2D eigenvalue weighted by Crippen LogP contribution is -2.42. The predicted octanol–water partition coefficient (Wildman–Crippen LogP) is 3.79. The molecule has 3 rings (SSSR count). The third kappa shape index (κ3) is 6.49. The van der Waals surface area contributed by atoms with Crippen molar-refractivity contribution in [2.24, 2.45) is 4.99 Å². The van der Waals surface area contributed by atoms with E-state index in [4.69, 9.17) is 4.74 Å². The average Bonchev–Trinajstić information content (AvgIpc) is 3.28. The summed E-state index contributed by atoms with van der Waals surface area (Å²) in [4.78, 5) is 9.09. The van der Waals surface area contributed by atoms with Crippen LogP contribution in [0.25, 0.3) is 0 Å². The Morgan fingerprint density at radius 3 is 2.64 bits per heavy atom. The van der Waals surface area contributed by atoms with Gasteiger partial charge in [0.05, 0.1) is 6.54 Å². The first-order valence-electron chi connectivity index (χ1n) is 9.15. The number of rotatable bonds is 6. The molecule has 2 N–H and O–H groups in total. The minimum Gasteiger partial charge on any atom is -0.474 e. The van der Waals surface area contributed by atoms with Crippen LogP contribution in [0.15, 0.2) is 35.5 Å².